The lowest BCUT2D eigenvalue weighted by atomic mass is 10.0. The SMILES string of the molecule is COc1ccc(C(=O)c2ccc3c(c2)OCCO3)c(F)c1. The average molecular weight is 288 g/mol. The molecule has 108 valence electrons. The Bertz CT molecular complexity index is 697. The molecule has 0 aromatic heterocycles. The Morgan fingerprint density at radius 2 is 1.86 bits per heavy atom. The Labute approximate surface area is 121 Å². The van der Waals surface area contributed by atoms with Crippen LogP contribution in [0.3, 0.4) is 0 Å². The zero-order chi connectivity index (χ0) is 14.8. The number of rotatable bonds is 3. The lowest BCUT2D eigenvalue weighted by Crippen LogP contribution is -2.16. The van der Waals surface area contributed by atoms with Gasteiger partial charge in [-0.3, -0.25) is 4.79 Å². The van der Waals surface area contributed by atoms with Gasteiger partial charge >= 0.3 is 0 Å². The van der Waals surface area contributed by atoms with Crippen LogP contribution in [0.1, 0.15) is 15.9 Å². The largest absolute Gasteiger partial charge is 0.497 e. The summed E-state index contributed by atoms with van der Waals surface area (Å²) in [6, 6.07) is 8.97. The number of benzene rings is 2. The van der Waals surface area contributed by atoms with Crippen LogP contribution in [-0.4, -0.2) is 26.1 Å². The van der Waals surface area contributed by atoms with Crippen LogP contribution in [0.2, 0.25) is 0 Å². The lowest BCUT2D eigenvalue weighted by molar-refractivity contribution is 0.103. The molecule has 1 aliphatic heterocycles. The van der Waals surface area contributed by atoms with Crippen molar-refractivity contribution in [3.05, 3.63) is 53.3 Å². The number of fused-ring (bicyclic) bond motifs is 1. The van der Waals surface area contributed by atoms with Gasteiger partial charge < -0.3 is 14.2 Å². The number of hydrogen-bond donors (Lipinski definition) is 0. The molecule has 4 nitrogen and oxygen atoms in total. The highest BCUT2D eigenvalue weighted by molar-refractivity contribution is 6.09. The highest BCUT2D eigenvalue weighted by atomic mass is 19.1. The van der Waals surface area contributed by atoms with Gasteiger partial charge in [0.1, 0.15) is 24.8 Å². The van der Waals surface area contributed by atoms with Crippen LogP contribution in [0, 0.1) is 5.82 Å². The molecule has 3 rings (SSSR count). The predicted octanol–water partition coefficient (Wildman–Crippen LogP) is 2.84. The normalized spacial score (nSPS) is 12.9. The Morgan fingerprint density at radius 3 is 2.57 bits per heavy atom. The molecule has 0 saturated carbocycles. The van der Waals surface area contributed by atoms with E-state index in [0.717, 1.165) is 0 Å². The summed E-state index contributed by atoms with van der Waals surface area (Å²) in [5, 5.41) is 0. The fourth-order valence-corrected chi connectivity index (χ4v) is 2.15. The van der Waals surface area contributed by atoms with E-state index in [-0.39, 0.29) is 5.56 Å². The second kappa shape index (κ2) is 5.44. The van der Waals surface area contributed by atoms with Crippen molar-refractivity contribution in [1.82, 2.24) is 0 Å². The van der Waals surface area contributed by atoms with E-state index in [2.05, 4.69) is 0 Å². The highest BCUT2D eigenvalue weighted by Gasteiger charge is 2.18. The fraction of sp³-hybridized carbons (Fsp3) is 0.188. The maximum atomic E-state index is 14.0. The van der Waals surface area contributed by atoms with Gasteiger partial charge in [0.2, 0.25) is 0 Å². The van der Waals surface area contributed by atoms with Crippen LogP contribution in [0.5, 0.6) is 17.2 Å². The van der Waals surface area contributed by atoms with E-state index in [1.54, 1.807) is 24.3 Å². The molecule has 0 fully saturated rings. The van der Waals surface area contributed by atoms with E-state index in [9.17, 15) is 9.18 Å². The van der Waals surface area contributed by atoms with Gasteiger partial charge in [0, 0.05) is 11.6 Å². The van der Waals surface area contributed by atoms with E-state index >= 15 is 0 Å². The molecule has 2 aromatic carbocycles. The second-order valence-corrected chi connectivity index (χ2v) is 4.53. The molecule has 0 radical (unpaired) electrons. The van der Waals surface area contributed by atoms with Crippen molar-refractivity contribution in [2.24, 2.45) is 0 Å². The number of carbonyl (C=O) groups excluding carboxylic acids is 1. The molecule has 2 aromatic rings. The smallest absolute Gasteiger partial charge is 0.196 e. The predicted molar refractivity (Wildman–Crippen MR) is 73.8 cm³/mol. The van der Waals surface area contributed by atoms with Crippen LogP contribution < -0.4 is 14.2 Å². The van der Waals surface area contributed by atoms with Gasteiger partial charge in [0.05, 0.1) is 12.7 Å². The molecule has 0 unspecified atom stereocenters. The first kappa shape index (κ1) is 13.4. The van der Waals surface area contributed by atoms with Gasteiger partial charge in [0.15, 0.2) is 17.3 Å². The van der Waals surface area contributed by atoms with Gasteiger partial charge in [-0.25, -0.2) is 4.39 Å². The number of halogens is 1. The quantitative estimate of drug-likeness (QED) is 0.815. The average Bonchev–Trinajstić information content (AvgIpc) is 2.53. The number of hydrogen-bond acceptors (Lipinski definition) is 4. The van der Waals surface area contributed by atoms with Crippen LogP contribution in [0.4, 0.5) is 4.39 Å². The summed E-state index contributed by atoms with van der Waals surface area (Å²) in [4.78, 5) is 12.4. The molecule has 0 atom stereocenters. The topological polar surface area (TPSA) is 44.8 Å². The third kappa shape index (κ3) is 2.54. The summed E-state index contributed by atoms with van der Waals surface area (Å²) >= 11 is 0. The fourth-order valence-electron chi connectivity index (χ4n) is 2.15. The molecule has 0 spiro atoms. The third-order valence-electron chi connectivity index (χ3n) is 3.23. The summed E-state index contributed by atoms with van der Waals surface area (Å²) < 4.78 is 29.7. The molecule has 21 heavy (non-hydrogen) atoms. The summed E-state index contributed by atoms with van der Waals surface area (Å²) in [6.45, 7) is 0.912. The number of methoxy groups -OCH3 is 1. The minimum atomic E-state index is -0.616. The first-order valence-electron chi connectivity index (χ1n) is 6.47. The minimum Gasteiger partial charge on any atom is -0.497 e. The molecule has 1 aliphatic rings. The Hall–Kier alpha value is -2.56. The van der Waals surface area contributed by atoms with Crippen molar-refractivity contribution in [3.63, 3.8) is 0 Å². The summed E-state index contributed by atoms with van der Waals surface area (Å²) in [5.41, 5.74) is 0.343. The minimum absolute atomic E-state index is 0.00696. The molecule has 0 N–H and O–H groups in total. The molecule has 5 heteroatoms. The first-order valence-corrected chi connectivity index (χ1v) is 6.47. The maximum absolute atomic E-state index is 14.0. The number of carbonyl (C=O) groups is 1. The van der Waals surface area contributed by atoms with Crippen molar-refractivity contribution in [1.29, 1.82) is 0 Å². The second-order valence-electron chi connectivity index (χ2n) is 4.53. The summed E-state index contributed by atoms with van der Waals surface area (Å²) in [6.07, 6.45) is 0. The number of ketones is 1. The van der Waals surface area contributed by atoms with Crippen LogP contribution in [0.25, 0.3) is 0 Å². The zero-order valence-corrected chi connectivity index (χ0v) is 11.4. The van der Waals surface area contributed by atoms with Crippen LogP contribution in [-0.2, 0) is 0 Å². The van der Waals surface area contributed by atoms with Crippen molar-refractivity contribution in [3.8, 4) is 17.2 Å². The molecular formula is C16H13FO4. The van der Waals surface area contributed by atoms with Crippen molar-refractivity contribution in [2.45, 2.75) is 0 Å². The van der Waals surface area contributed by atoms with Crippen molar-refractivity contribution < 1.29 is 23.4 Å². The molecule has 0 amide bonds. The molecule has 1 heterocycles. The zero-order valence-electron chi connectivity index (χ0n) is 11.4. The Balaban J connectivity index is 1.95. The Morgan fingerprint density at radius 1 is 1.10 bits per heavy atom. The Kier molecular flexibility index (Phi) is 3.48. The van der Waals surface area contributed by atoms with Crippen LogP contribution >= 0.6 is 0 Å². The van der Waals surface area contributed by atoms with Gasteiger partial charge in [-0.15, -0.1) is 0 Å². The van der Waals surface area contributed by atoms with E-state index in [1.165, 1.54) is 19.2 Å². The summed E-state index contributed by atoms with van der Waals surface area (Å²) in [5.74, 6) is 0.432. The summed E-state index contributed by atoms with van der Waals surface area (Å²) in [7, 11) is 1.44. The van der Waals surface area contributed by atoms with Crippen molar-refractivity contribution >= 4 is 5.78 Å². The lowest BCUT2D eigenvalue weighted by Gasteiger charge is -2.18. The third-order valence-corrected chi connectivity index (χ3v) is 3.23. The molecule has 0 bridgehead atoms. The first-order chi connectivity index (χ1) is 10.2. The van der Waals surface area contributed by atoms with E-state index < -0.39 is 11.6 Å². The van der Waals surface area contributed by atoms with Gasteiger partial charge in [-0.05, 0) is 30.3 Å². The number of ether oxygens (including phenoxy) is 3. The van der Waals surface area contributed by atoms with Crippen LogP contribution in [0.15, 0.2) is 36.4 Å². The monoisotopic (exact) mass is 288 g/mol. The van der Waals surface area contributed by atoms with E-state index in [1.807, 2.05) is 0 Å². The molecule has 0 saturated heterocycles. The molecule has 0 aliphatic carbocycles. The van der Waals surface area contributed by atoms with Gasteiger partial charge in [-0.1, -0.05) is 0 Å². The van der Waals surface area contributed by atoms with Gasteiger partial charge in [-0.2, -0.15) is 0 Å². The van der Waals surface area contributed by atoms with E-state index in [4.69, 9.17) is 14.2 Å². The van der Waals surface area contributed by atoms with E-state index in [0.29, 0.717) is 36.0 Å². The van der Waals surface area contributed by atoms with Gasteiger partial charge in [0.25, 0.3) is 0 Å². The maximum Gasteiger partial charge on any atom is 0.196 e. The van der Waals surface area contributed by atoms with Crippen molar-refractivity contribution in [2.75, 3.05) is 20.3 Å². The standard InChI is InChI=1S/C16H13FO4/c1-19-11-3-4-12(13(17)9-11)16(18)10-2-5-14-15(8-10)21-7-6-20-14/h2-5,8-9H,6-7H2,1H3. The molecular weight excluding hydrogens is 275 g/mol. The highest BCUT2D eigenvalue weighted by Crippen LogP contribution is 2.31.